The number of methoxy groups -OCH3 is 1. The largest absolute Gasteiger partial charge is 0.481 e. The summed E-state index contributed by atoms with van der Waals surface area (Å²) in [6.07, 6.45) is 4.58. The molecule has 1 saturated carbocycles. The molecular formula is C27H31FN4O3. The van der Waals surface area contributed by atoms with E-state index in [4.69, 9.17) is 9.72 Å². The zero-order valence-corrected chi connectivity index (χ0v) is 20.6. The number of carboxylic acids is 1. The molecule has 0 spiro atoms. The van der Waals surface area contributed by atoms with E-state index in [9.17, 15) is 14.3 Å². The highest BCUT2D eigenvalue weighted by Gasteiger charge is 2.37. The Balaban J connectivity index is 1.83. The topological polar surface area (TPSA) is 93.0 Å². The number of carboxylic acid groups (broad SMARTS) is 1. The Morgan fingerprint density at radius 1 is 1.26 bits per heavy atom. The first-order chi connectivity index (χ1) is 16.7. The van der Waals surface area contributed by atoms with Gasteiger partial charge in [0.1, 0.15) is 5.82 Å². The van der Waals surface area contributed by atoms with Crippen LogP contribution in [0.5, 0.6) is 0 Å². The fourth-order valence-corrected chi connectivity index (χ4v) is 5.74. The van der Waals surface area contributed by atoms with Gasteiger partial charge in [0.15, 0.2) is 5.65 Å². The molecule has 0 aliphatic heterocycles. The lowest BCUT2D eigenvalue weighted by molar-refractivity contribution is -0.142. The number of aromatic amines is 1. The van der Waals surface area contributed by atoms with Gasteiger partial charge in [0.2, 0.25) is 0 Å². The Hall–Kier alpha value is -3.26. The monoisotopic (exact) mass is 478 g/mol. The summed E-state index contributed by atoms with van der Waals surface area (Å²) < 4.78 is 22.1. The van der Waals surface area contributed by atoms with Crippen LogP contribution in [0.1, 0.15) is 62.3 Å². The van der Waals surface area contributed by atoms with Crippen molar-refractivity contribution in [3.63, 3.8) is 0 Å². The van der Waals surface area contributed by atoms with E-state index >= 15 is 0 Å². The van der Waals surface area contributed by atoms with Crippen molar-refractivity contribution in [3.8, 4) is 5.69 Å². The predicted octanol–water partition coefficient (Wildman–Crippen LogP) is 5.63. The van der Waals surface area contributed by atoms with Crippen molar-refractivity contribution in [2.45, 2.75) is 57.8 Å². The molecule has 4 aromatic rings. The highest BCUT2D eigenvalue weighted by Crippen LogP contribution is 2.46. The number of aliphatic carboxylic acids is 1. The molecule has 5 rings (SSSR count). The van der Waals surface area contributed by atoms with E-state index in [1.54, 1.807) is 26.3 Å². The number of aromatic nitrogens is 4. The molecule has 0 unspecified atom stereocenters. The molecule has 0 saturated heterocycles. The normalized spacial score (nSPS) is 19.0. The molecule has 1 aliphatic rings. The number of rotatable bonds is 6. The van der Waals surface area contributed by atoms with Crippen LogP contribution in [-0.4, -0.2) is 44.5 Å². The first kappa shape index (κ1) is 23.5. The van der Waals surface area contributed by atoms with Gasteiger partial charge < -0.3 is 14.4 Å². The summed E-state index contributed by atoms with van der Waals surface area (Å²) in [5, 5.41) is 17.6. The number of nitrogens with one attached hydrogen (secondary N) is 1. The number of pyridine rings is 1. The maximum absolute atomic E-state index is 14.2. The van der Waals surface area contributed by atoms with E-state index < -0.39 is 5.97 Å². The molecule has 1 aliphatic carbocycles. The van der Waals surface area contributed by atoms with Gasteiger partial charge in [0, 0.05) is 34.9 Å². The van der Waals surface area contributed by atoms with Crippen molar-refractivity contribution in [2.24, 2.45) is 5.92 Å². The molecular weight excluding hydrogens is 447 g/mol. The third kappa shape index (κ3) is 3.99. The second kappa shape index (κ2) is 8.75. The smallest absolute Gasteiger partial charge is 0.306 e. The van der Waals surface area contributed by atoms with Crippen LogP contribution < -0.4 is 0 Å². The maximum atomic E-state index is 14.2. The fraction of sp³-hybridized carbons (Fsp3) is 0.444. The van der Waals surface area contributed by atoms with E-state index in [1.165, 1.54) is 6.07 Å². The molecule has 8 heteroatoms. The maximum Gasteiger partial charge on any atom is 0.306 e. The van der Waals surface area contributed by atoms with Gasteiger partial charge in [-0.2, -0.15) is 5.10 Å². The highest BCUT2D eigenvalue weighted by atomic mass is 19.1. The zero-order valence-electron chi connectivity index (χ0n) is 20.6. The Kier molecular flexibility index (Phi) is 5.87. The SMILES string of the molecule is COCC(C)(C)c1c([C@H]2CC[C@H](C(=O)O)CC2)c2nc3[nH]ncc3cc2n1-c1ccc(F)c(C)c1. The average Bonchev–Trinajstić information content (AvgIpc) is 3.41. The van der Waals surface area contributed by atoms with Crippen molar-refractivity contribution < 1.29 is 19.0 Å². The van der Waals surface area contributed by atoms with Crippen molar-refractivity contribution in [1.82, 2.24) is 19.7 Å². The minimum absolute atomic E-state index is 0.162. The lowest BCUT2D eigenvalue weighted by atomic mass is 9.75. The van der Waals surface area contributed by atoms with E-state index in [0.29, 0.717) is 30.7 Å². The number of carbonyl (C=O) groups is 1. The number of fused-ring (bicyclic) bond motifs is 2. The number of nitrogens with zero attached hydrogens (tertiary/aromatic N) is 3. The number of hydrogen-bond acceptors (Lipinski definition) is 4. The number of ether oxygens (including phenoxy) is 1. The number of H-pyrrole nitrogens is 1. The third-order valence-corrected chi connectivity index (χ3v) is 7.41. The minimum atomic E-state index is -0.718. The molecule has 0 radical (unpaired) electrons. The van der Waals surface area contributed by atoms with Gasteiger partial charge in [-0.15, -0.1) is 0 Å². The van der Waals surface area contributed by atoms with E-state index in [2.05, 4.69) is 34.7 Å². The number of benzene rings is 1. The van der Waals surface area contributed by atoms with E-state index in [0.717, 1.165) is 46.2 Å². The Labute approximate surface area is 203 Å². The predicted molar refractivity (Wildman–Crippen MR) is 133 cm³/mol. The fourth-order valence-electron chi connectivity index (χ4n) is 5.74. The lowest BCUT2D eigenvalue weighted by Gasteiger charge is -2.32. The second-order valence-corrected chi connectivity index (χ2v) is 10.4. The quantitative estimate of drug-likeness (QED) is 0.375. The van der Waals surface area contributed by atoms with Gasteiger partial charge in [0.05, 0.1) is 29.8 Å². The van der Waals surface area contributed by atoms with Gasteiger partial charge in [0.25, 0.3) is 0 Å². The third-order valence-electron chi connectivity index (χ3n) is 7.41. The standard InChI is InChI=1S/C27H31FN4O3/c1-15-11-19(9-10-20(15)28)32-21-12-18-13-29-31-25(18)30-23(21)22(24(32)27(2,3)14-35-4)16-5-7-17(8-6-16)26(33)34/h9-13,16-17H,5-8,14H2,1-4H3,(H,33,34)(H,29,30,31)/t16-,17-. The number of aryl methyl sites for hydroxylation is 1. The first-order valence-corrected chi connectivity index (χ1v) is 12.1. The molecule has 0 atom stereocenters. The van der Waals surface area contributed by atoms with Crippen molar-refractivity contribution in [3.05, 3.63) is 53.1 Å². The summed E-state index contributed by atoms with van der Waals surface area (Å²) in [5.74, 6) is -1.10. The molecule has 35 heavy (non-hydrogen) atoms. The summed E-state index contributed by atoms with van der Waals surface area (Å²) in [6.45, 7) is 6.56. The van der Waals surface area contributed by atoms with Crippen LogP contribution in [-0.2, 0) is 14.9 Å². The van der Waals surface area contributed by atoms with Gasteiger partial charge in [-0.1, -0.05) is 13.8 Å². The van der Waals surface area contributed by atoms with Crippen molar-refractivity contribution in [2.75, 3.05) is 13.7 Å². The summed E-state index contributed by atoms with van der Waals surface area (Å²) in [5.41, 5.74) is 5.77. The van der Waals surface area contributed by atoms with Crippen LogP contribution in [0.2, 0.25) is 0 Å². The van der Waals surface area contributed by atoms with Gasteiger partial charge in [-0.3, -0.25) is 9.89 Å². The Bertz CT molecular complexity index is 1410. The molecule has 3 heterocycles. The average molecular weight is 479 g/mol. The summed E-state index contributed by atoms with van der Waals surface area (Å²) in [4.78, 5) is 16.6. The van der Waals surface area contributed by atoms with E-state index in [1.807, 2.05) is 6.07 Å². The minimum Gasteiger partial charge on any atom is -0.481 e. The van der Waals surface area contributed by atoms with Crippen LogP contribution in [0, 0.1) is 18.7 Å². The molecule has 1 aromatic carbocycles. The van der Waals surface area contributed by atoms with Gasteiger partial charge in [-0.25, -0.2) is 9.37 Å². The van der Waals surface area contributed by atoms with Crippen LogP contribution >= 0.6 is 0 Å². The van der Waals surface area contributed by atoms with Crippen LogP contribution in [0.3, 0.4) is 0 Å². The summed E-state index contributed by atoms with van der Waals surface area (Å²) in [7, 11) is 1.70. The zero-order chi connectivity index (χ0) is 24.9. The molecule has 0 bridgehead atoms. The molecule has 7 nitrogen and oxygen atoms in total. The number of hydrogen-bond donors (Lipinski definition) is 2. The van der Waals surface area contributed by atoms with Crippen molar-refractivity contribution >= 4 is 28.0 Å². The molecule has 184 valence electrons. The Morgan fingerprint density at radius 3 is 2.66 bits per heavy atom. The second-order valence-electron chi connectivity index (χ2n) is 10.4. The van der Waals surface area contributed by atoms with Gasteiger partial charge in [-0.05, 0) is 68.4 Å². The van der Waals surface area contributed by atoms with E-state index in [-0.39, 0.29) is 23.1 Å². The van der Waals surface area contributed by atoms with Crippen LogP contribution in [0.25, 0.3) is 27.8 Å². The summed E-state index contributed by atoms with van der Waals surface area (Å²) >= 11 is 0. The highest BCUT2D eigenvalue weighted by molar-refractivity contribution is 5.94. The van der Waals surface area contributed by atoms with Crippen molar-refractivity contribution in [1.29, 1.82) is 0 Å². The molecule has 1 fully saturated rings. The number of halogens is 1. The molecule has 2 N–H and O–H groups in total. The molecule has 3 aromatic heterocycles. The Morgan fingerprint density at radius 2 is 2.00 bits per heavy atom. The molecule has 0 amide bonds. The van der Waals surface area contributed by atoms with Crippen LogP contribution in [0.15, 0.2) is 30.5 Å². The lowest BCUT2D eigenvalue weighted by Crippen LogP contribution is -2.29. The summed E-state index contributed by atoms with van der Waals surface area (Å²) in [6, 6.07) is 7.26. The van der Waals surface area contributed by atoms with Crippen LogP contribution in [0.4, 0.5) is 4.39 Å². The first-order valence-electron chi connectivity index (χ1n) is 12.1. The van der Waals surface area contributed by atoms with Gasteiger partial charge >= 0.3 is 5.97 Å².